The topological polar surface area (TPSA) is 65.0 Å². The van der Waals surface area contributed by atoms with E-state index in [2.05, 4.69) is 42.9 Å². The van der Waals surface area contributed by atoms with Crippen LogP contribution in [0.4, 0.5) is 0 Å². The summed E-state index contributed by atoms with van der Waals surface area (Å²) in [7, 11) is -0.0281. The lowest BCUT2D eigenvalue weighted by Crippen LogP contribution is -2.72. The van der Waals surface area contributed by atoms with E-state index in [4.69, 9.17) is 0 Å². The summed E-state index contributed by atoms with van der Waals surface area (Å²) in [6.45, 7) is 10.7. The summed E-state index contributed by atoms with van der Waals surface area (Å²) in [6, 6.07) is 3.38. The first-order valence-corrected chi connectivity index (χ1v) is 10.3. The van der Waals surface area contributed by atoms with E-state index in [1.165, 1.54) is 15.6 Å². The summed E-state index contributed by atoms with van der Waals surface area (Å²) >= 11 is 1.24. The number of aliphatic imine (C=N–C) groups is 1. The SMILES string of the molecule is CN=C(NCCN(C)S(=O)(=O)c1cccs1)N1CC(C)(C)C1(C)C.I. The minimum absolute atomic E-state index is 0. The first-order valence-electron chi connectivity index (χ1n) is 8.02. The molecule has 9 heteroatoms. The normalized spacial score (nSPS) is 19.3. The van der Waals surface area contributed by atoms with Gasteiger partial charge in [-0.15, -0.1) is 35.3 Å². The summed E-state index contributed by atoms with van der Waals surface area (Å²) in [5.74, 6) is 0.821. The Morgan fingerprint density at radius 1 is 1.40 bits per heavy atom. The predicted octanol–water partition coefficient (Wildman–Crippen LogP) is 2.68. The van der Waals surface area contributed by atoms with Crippen LogP contribution in [0.2, 0.25) is 0 Å². The number of likely N-dealkylation sites (tertiary alicyclic amines) is 1. The average Bonchev–Trinajstić information content (AvgIpc) is 3.04. The largest absolute Gasteiger partial charge is 0.355 e. The molecule has 0 aromatic carbocycles. The monoisotopic (exact) mass is 500 g/mol. The number of thiophene rings is 1. The molecule has 25 heavy (non-hydrogen) atoms. The highest BCUT2D eigenvalue weighted by atomic mass is 127. The van der Waals surface area contributed by atoms with Crippen LogP contribution in [0.15, 0.2) is 26.7 Å². The summed E-state index contributed by atoms with van der Waals surface area (Å²) < 4.78 is 26.5. The van der Waals surface area contributed by atoms with Gasteiger partial charge < -0.3 is 10.2 Å². The Labute approximate surface area is 172 Å². The lowest BCUT2D eigenvalue weighted by Gasteiger charge is -2.62. The number of rotatable bonds is 5. The molecule has 6 nitrogen and oxygen atoms in total. The highest BCUT2D eigenvalue weighted by Gasteiger charge is 2.53. The molecule has 1 aromatic heterocycles. The number of hydrogen-bond donors (Lipinski definition) is 1. The standard InChI is InChI=1S/C16H28N4O2S2.HI/c1-15(2)12-20(16(15,3)4)14(17-5)18-9-10-19(6)24(21,22)13-8-7-11-23-13;/h7-8,11H,9-10,12H2,1-6H3,(H,17,18);1H. The maximum absolute atomic E-state index is 12.4. The number of hydrogen-bond acceptors (Lipinski definition) is 4. The molecule has 0 amide bonds. The quantitative estimate of drug-likeness (QED) is 0.384. The fourth-order valence-electron chi connectivity index (χ4n) is 2.70. The molecule has 1 aliphatic heterocycles. The van der Waals surface area contributed by atoms with Crippen molar-refractivity contribution in [2.75, 3.05) is 33.7 Å². The van der Waals surface area contributed by atoms with Crippen LogP contribution in [0.5, 0.6) is 0 Å². The van der Waals surface area contributed by atoms with Gasteiger partial charge in [-0.1, -0.05) is 19.9 Å². The lowest BCUT2D eigenvalue weighted by atomic mass is 9.65. The van der Waals surface area contributed by atoms with Crippen LogP contribution in [-0.2, 0) is 10.0 Å². The zero-order valence-electron chi connectivity index (χ0n) is 15.7. The van der Waals surface area contributed by atoms with Crippen molar-refractivity contribution in [2.45, 2.75) is 37.4 Å². The van der Waals surface area contributed by atoms with Crippen LogP contribution in [0.25, 0.3) is 0 Å². The molecule has 1 N–H and O–H groups in total. The van der Waals surface area contributed by atoms with E-state index < -0.39 is 10.0 Å². The van der Waals surface area contributed by atoms with Crippen LogP contribution in [0.3, 0.4) is 0 Å². The van der Waals surface area contributed by atoms with E-state index in [1.807, 2.05) is 0 Å². The Bertz CT molecular complexity index is 700. The molecule has 0 aliphatic carbocycles. The predicted molar refractivity (Wildman–Crippen MR) is 115 cm³/mol. The Balaban J connectivity index is 0.00000312. The maximum Gasteiger partial charge on any atom is 0.252 e. The highest BCUT2D eigenvalue weighted by molar-refractivity contribution is 14.0. The van der Waals surface area contributed by atoms with Crippen LogP contribution < -0.4 is 5.32 Å². The summed E-state index contributed by atoms with van der Waals surface area (Å²) in [4.78, 5) is 6.58. The molecule has 0 radical (unpaired) electrons. The van der Waals surface area contributed by atoms with Gasteiger partial charge in [0.15, 0.2) is 5.96 Å². The number of halogens is 1. The lowest BCUT2D eigenvalue weighted by molar-refractivity contribution is -0.0667. The van der Waals surface area contributed by atoms with E-state index in [-0.39, 0.29) is 34.9 Å². The number of nitrogens with one attached hydrogen (secondary N) is 1. The second kappa shape index (κ2) is 8.10. The van der Waals surface area contributed by atoms with Crippen LogP contribution in [0, 0.1) is 5.41 Å². The first kappa shape index (κ1) is 22.7. The molecule has 0 unspecified atom stereocenters. The fraction of sp³-hybridized carbons (Fsp3) is 0.688. The van der Waals surface area contributed by atoms with Crippen molar-refractivity contribution in [1.29, 1.82) is 0 Å². The third-order valence-corrected chi connectivity index (χ3v) is 8.45. The van der Waals surface area contributed by atoms with Gasteiger partial charge in [-0.25, -0.2) is 8.42 Å². The summed E-state index contributed by atoms with van der Waals surface area (Å²) in [5.41, 5.74) is 0.244. The van der Waals surface area contributed by atoms with Crippen molar-refractivity contribution < 1.29 is 8.42 Å². The first-order chi connectivity index (χ1) is 11.0. The number of guanidine groups is 1. The molecule has 1 aromatic rings. The van der Waals surface area contributed by atoms with E-state index in [0.717, 1.165) is 12.5 Å². The molecule has 144 valence electrons. The van der Waals surface area contributed by atoms with Crippen molar-refractivity contribution in [3.05, 3.63) is 17.5 Å². The maximum atomic E-state index is 12.4. The van der Waals surface area contributed by atoms with Gasteiger partial charge in [0.05, 0.1) is 0 Å². The van der Waals surface area contributed by atoms with Crippen molar-refractivity contribution in [3.63, 3.8) is 0 Å². The molecule has 2 rings (SSSR count). The van der Waals surface area contributed by atoms with Gasteiger partial charge in [0.1, 0.15) is 4.21 Å². The molecule has 1 aliphatic rings. The summed E-state index contributed by atoms with van der Waals surface area (Å²) in [5, 5.41) is 5.06. The fourth-order valence-corrected chi connectivity index (χ4v) is 5.08. The molecule has 0 saturated carbocycles. The number of sulfonamides is 1. The van der Waals surface area contributed by atoms with Gasteiger partial charge in [0, 0.05) is 44.7 Å². The molecule has 1 fully saturated rings. The van der Waals surface area contributed by atoms with Gasteiger partial charge in [0.25, 0.3) is 10.0 Å². The number of nitrogens with zero attached hydrogens (tertiary/aromatic N) is 3. The van der Waals surface area contributed by atoms with Gasteiger partial charge in [-0.3, -0.25) is 4.99 Å². The smallest absolute Gasteiger partial charge is 0.252 e. The third kappa shape index (κ3) is 4.30. The molecule has 1 saturated heterocycles. The zero-order chi connectivity index (χ0) is 18.2. The minimum Gasteiger partial charge on any atom is -0.355 e. The average molecular weight is 500 g/mol. The number of likely N-dealkylation sites (N-methyl/N-ethyl adjacent to an activating group) is 1. The molecular formula is C16H29IN4O2S2. The van der Waals surface area contributed by atoms with Crippen molar-refractivity contribution in [1.82, 2.24) is 14.5 Å². The van der Waals surface area contributed by atoms with E-state index >= 15 is 0 Å². The van der Waals surface area contributed by atoms with Gasteiger partial charge >= 0.3 is 0 Å². The van der Waals surface area contributed by atoms with Crippen molar-refractivity contribution in [2.24, 2.45) is 10.4 Å². The van der Waals surface area contributed by atoms with Crippen LogP contribution >= 0.6 is 35.3 Å². The third-order valence-electron chi connectivity index (χ3n) is 5.22. The van der Waals surface area contributed by atoms with E-state index in [1.54, 1.807) is 31.6 Å². The Kier molecular flexibility index (Phi) is 7.34. The Morgan fingerprint density at radius 2 is 2.04 bits per heavy atom. The molecule has 0 atom stereocenters. The Morgan fingerprint density at radius 3 is 2.48 bits per heavy atom. The molecule has 0 spiro atoms. The second-order valence-corrected chi connectivity index (χ2v) is 10.5. The van der Waals surface area contributed by atoms with E-state index in [0.29, 0.717) is 17.3 Å². The molecule has 0 bridgehead atoms. The highest BCUT2D eigenvalue weighted by Crippen LogP contribution is 2.46. The minimum atomic E-state index is -3.40. The van der Waals surface area contributed by atoms with Gasteiger partial charge in [0.2, 0.25) is 0 Å². The molecular weight excluding hydrogens is 471 g/mol. The van der Waals surface area contributed by atoms with E-state index in [9.17, 15) is 8.42 Å². The second-order valence-electron chi connectivity index (χ2n) is 7.26. The van der Waals surface area contributed by atoms with Crippen LogP contribution in [0.1, 0.15) is 27.7 Å². The molecule has 2 heterocycles. The van der Waals surface area contributed by atoms with Gasteiger partial charge in [-0.05, 0) is 25.3 Å². The van der Waals surface area contributed by atoms with Crippen molar-refractivity contribution in [3.8, 4) is 0 Å². The van der Waals surface area contributed by atoms with Crippen molar-refractivity contribution >= 4 is 51.3 Å². The summed E-state index contributed by atoms with van der Waals surface area (Å²) in [6.07, 6.45) is 0. The Hall–Kier alpha value is -0.390. The zero-order valence-corrected chi connectivity index (χ0v) is 19.7. The van der Waals surface area contributed by atoms with Crippen LogP contribution in [-0.4, -0.2) is 62.9 Å². The van der Waals surface area contributed by atoms with Gasteiger partial charge in [-0.2, -0.15) is 4.31 Å².